The number of sulfonamides is 1. The Hall–Kier alpha value is -1.93. The maximum absolute atomic E-state index is 12.4. The van der Waals surface area contributed by atoms with Gasteiger partial charge in [-0.15, -0.1) is 5.10 Å². The number of rotatable bonds is 4. The average molecular weight is 388 g/mol. The molecule has 0 spiro atoms. The SMILES string of the molecule is CS(=O)(=O)N1C[C@H]2CN(c3nnc(C4CCC4)o3)C[C@H]2[C@@H]1c1ccccc1. The first-order valence-corrected chi connectivity index (χ1v) is 11.5. The minimum absolute atomic E-state index is 0.134. The van der Waals surface area contributed by atoms with Crippen LogP contribution in [0.5, 0.6) is 0 Å². The molecule has 1 aromatic carbocycles. The molecule has 2 aromatic rings. The molecule has 0 unspecified atom stereocenters. The lowest BCUT2D eigenvalue weighted by atomic mass is 9.85. The van der Waals surface area contributed by atoms with Crippen LogP contribution in [0.25, 0.3) is 0 Å². The number of aromatic nitrogens is 2. The van der Waals surface area contributed by atoms with Gasteiger partial charge in [-0.2, -0.15) is 4.31 Å². The fourth-order valence-corrected chi connectivity index (χ4v) is 5.89. The lowest BCUT2D eigenvalue weighted by Crippen LogP contribution is -2.35. The van der Waals surface area contributed by atoms with Crippen molar-refractivity contribution >= 4 is 16.0 Å². The number of nitrogens with zero attached hydrogens (tertiary/aromatic N) is 4. The molecule has 2 saturated heterocycles. The Morgan fingerprint density at radius 3 is 2.52 bits per heavy atom. The van der Waals surface area contributed by atoms with E-state index in [0.29, 0.717) is 18.5 Å². The van der Waals surface area contributed by atoms with Crippen molar-refractivity contribution in [1.29, 1.82) is 0 Å². The van der Waals surface area contributed by atoms with Crippen LogP contribution < -0.4 is 4.90 Å². The van der Waals surface area contributed by atoms with Gasteiger partial charge in [-0.3, -0.25) is 0 Å². The molecule has 3 aliphatic rings. The van der Waals surface area contributed by atoms with Gasteiger partial charge >= 0.3 is 6.01 Å². The topological polar surface area (TPSA) is 79.5 Å². The van der Waals surface area contributed by atoms with Gasteiger partial charge in [0.2, 0.25) is 15.9 Å². The molecule has 1 aromatic heterocycles. The van der Waals surface area contributed by atoms with Crippen LogP contribution in [0.3, 0.4) is 0 Å². The molecule has 8 heteroatoms. The van der Waals surface area contributed by atoms with Crippen LogP contribution >= 0.6 is 0 Å². The fraction of sp³-hybridized carbons (Fsp3) is 0.579. The van der Waals surface area contributed by atoms with E-state index in [-0.39, 0.29) is 17.9 Å². The van der Waals surface area contributed by atoms with Crippen molar-refractivity contribution in [2.75, 3.05) is 30.8 Å². The van der Waals surface area contributed by atoms with E-state index in [4.69, 9.17) is 4.42 Å². The zero-order chi connectivity index (χ0) is 18.6. The standard InChI is InChI=1S/C19H24N4O3S/c1-27(24,25)23-11-15-10-22(19-21-20-18(26-19)14-8-5-9-14)12-16(15)17(23)13-6-3-2-4-7-13/h2-4,6-7,14-17H,5,8-12H2,1H3/t15-,16-,17+/m1/s1. The minimum atomic E-state index is -3.26. The number of fused-ring (bicyclic) bond motifs is 1. The Morgan fingerprint density at radius 1 is 1.07 bits per heavy atom. The molecule has 2 aliphatic heterocycles. The van der Waals surface area contributed by atoms with E-state index in [9.17, 15) is 8.42 Å². The second kappa shape index (κ2) is 6.31. The summed E-state index contributed by atoms with van der Waals surface area (Å²) in [6.07, 6.45) is 4.81. The predicted molar refractivity (Wildman–Crippen MR) is 101 cm³/mol. The Kier molecular flexibility index (Phi) is 4.01. The monoisotopic (exact) mass is 388 g/mol. The summed E-state index contributed by atoms with van der Waals surface area (Å²) in [6, 6.07) is 10.4. The van der Waals surface area contributed by atoms with Gasteiger partial charge in [0.15, 0.2) is 0 Å². The first-order valence-electron chi connectivity index (χ1n) is 9.61. The van der Waals surface area contributed by atoms with Crippen LogP contribution in [0.15, 0.2) is 34.7 Å². The second-order valence-electron chi connectivity index (χ2n) is 8.07. The van der Waals surface area contributed by atoms with Crippen molar-refractivity contribution in [2.45, 2.75) is 31.2 Å². The molecule has 3 fully saturated rings. The minimum Gasteiger partial charge on any atom is -0.408 e. The summed E-state index contributed by atoms with van der Waals surface area (Å²) in [5.41, 5.74) is 1.05. The van der Waals surface area contributed by atoms with Crippen LogP contribution in [0.1, 0.15) is 42.7 Å². The van der Waals surface area contributed by atoms with E-state index in [0.717, 1.165) is 37.4 Å². The van der Waals surface area contributed by atoms with Crippen molar-refractivity contribution in [3.63, 3.8) is 0 Å². The van der Waals surface area contributed by atoms with Gasteiger partial charge in [-0.1, -0.05) is 41.9 Å². The smallest absolute Gasteiger partial charge is 0.318 e. The summed E-state index contributed by atoms with van der Waals surface area (Å²) >= 11 is 0. The summed E-state index contributed by atoms with van der Waals surface area (Å²) in [5.74, 6) is 1.67. The molecule has 27 heavy (non-hydrogen) atoms. The first-order chi connectivity index (χ1) is 13.0. The number of hydrogen-bond donors (Lipinski definition) is 0. The van der Waals surface area contributed by atoms with Crippen molar-refractivity contribution in [3.05, 3.63) is 41.8 Å². The van der Waals surface area contributed by atoms with Crippen LogP contribution in [-0.4, -0.2) is 48.8 Å². The van der Waals surface area contributed by atoms with Crippen molar-refractivity contribution < 1.29 is 12.8 Å². The third-order valence-electron chi connectivity index (χ3n) is 6.34. The Labute approximate surface area is 159 Å². The van der Waals surface area contributed by atoms with E-state index in [2.05, 4.69) is 15.1 Å². The van der Waals surface area contributed by atoms with E-state index in [1.54, 1.807) is 4.31 Å². The quantitative estimate of drug-likeness (QED) is 0.800. The van der Waals surface area contributed by atoms with Gasteiger partial charge in [0.1, 0.15) is 0 Å². The summed E-state index contributed by atoms with van der Waals surface area (Å²) < 4.78 is 32.4. The molecule has 0 amide bonds. The molecule has 5 rings (SSSR count). The van der Waals surface area contributed by atoms with Gasteiger partial charge in [0, 0.05) is 31.5 Å². The first kappa shape index (κ1) is 17.2. The highest BCUT2D eigenvalue weighted by Gasteiger charge is 2.51. The Balaban J connectivity index is 1.41. The zero-order valence-electron chi connectivity index (χ0n) is 15.4. The van der Waals surface area contributed by atoms with E-state index in [1.165, 1.54) is 12.7 Å². The highest BCUT2D eigenvalue weighted by molar-refractivity contribution is 7.88. The Morgan fingerprint density at radius 2 is 1.85 bits per heavy atom. The Bertz CT molecular complexity index is 925. The van der Waals surface area contributed by atoms with Crippen LogP contribution in [0.2, 0.25) is 0 Å². The zero-order valence-corrected chi connectivity index (χ0v) is 16.2. The predicted octanol–water partition coefficient (Wildman–Crippen LogP) is 2.41. The molecule has 3 atom stereocenters. The van der Waals surface area contributed by atoms with Crippen LogP contribution in [0, 0.1) is 11.8 Å². The summed E-state index contributed by atoms with van der Waals surface area (Å²) in [4.78, 5) is 2.14. The summed E-state index contributed by atoms with van der Waals surface area (Å²) in [5, 5.41) is 8.51. The van der Waals surface area contributed by atoms with Gasteiger partial charge in [-0.05, 0) is 24.3 Å². The molecular formula is C19H24N4O3S. The lowest BCUT2D eigenvalue weighted by molar-refractivity contribution is 0.332. The maximum atomic E-state index is 12.4. The van der Waals surface area contributed by atoms with Gasteiger partial charge in [-0.25, -0.2) is 8.42 Å². The van der Waals surface area contributed by atoms with Gasteiger partial charge in [0.05, 0.1) is 12.3 Å². The number of anilines is 1. The van der Waals surface area contributed by atoms with Crippen molar-refractivity contribution in [1.82, 2.24) is 14.5 Å². The molecule has 0 N–H and O–H groups in total. The van der Waals surface area contributed by atoms with E-state index >= 15 is 0 Å². The molecule has 1 aliphatic carbocycles. The summed E-state index contributed by atoms with van der Waals surface area (Å²) in [6.45, 7) is 2.04. The molecule has 7 nitrogen and oxygen atoms in total. The van der Waals surface area contributed by atoms with Crippen LogP contribution in [-0.2, 0) is 10.0 Å². The fourth-order valence-electron chi connectivity index (χ4n) is 4.74. The van der Waals surface area contributed by atoms with Gasteiger partial charge in [0.25, 0.3) is 0 Å². The molecule has 0 bridgehead atoms. The van der Waals surface area contributed by atoms with E-state index in [1.807, 2.05) is 30.3 Å². The van der Waals surface area contributed by atoms with Gasteiger partial charge < -0.3 is 9.32 Å². The molecule has 0 radical (unpaired) electrons. The number of benzene rings is 1. The number of hydrogen-bond acceptors (Lipinski definition) is 6. The van der Waals surface area contributed by atoms with E-state index < -0.39 is 10.0 Å². The molecule has 3 heterocycles. The molecule has 1 saturated carbocycles. The second-order valence-corrected chi connectivity index (χ2v) is 10.0. The average Bonchev–Trinajstić information content (AvgIpc) is 3.26. The maximum Gasteiger partial charge on any atom is 0.318 e. The highest BCUT2D eigenvalue weighted by Crippen LogP contribution is 2.47. The third kappa shape index (κ3) is 2.95. The molecular weight excluding hydrogens is 364 g/mol. The molecule has 144 valence electrons. The van der Waals surface area contributed by atoms with Crippen LogP contribution in [0.4, 0.5) is 6.01 Å². The highest BCUT2D eigenvalue weighted by atomic mass is 32.2. The third-order valence-corrected chi connectivity index (χ3v) is 7.57. The lowest BCUT2D eigenvalue weighted by Gasteiger charge is -2.27. The van der Waals surface area contributed by atoms with Crippen molar-refractivity contribution in [3.8, 4) is 0 Å². The van der Waals surface area contributed by atoms with Crippen molar-refractivity contribution in [2.24, 2.45) is 11.8 Å². The largest absolute Gasteiger partial charge is 0.408 e. The normalized spacial score (nSPS) is 29.1. The summed E-state index contributed by atoms with van der Waals surface area (Å²) in [7, 11) is -3.26.